The van der Waals surface area contributed by atoms with Gasteiger partial charge in [-0.3, -0.25) is 20.4 Å². The van der Waals surface area contributed by atoms with Crippen molar-refractivity contribution in [2.45, 2.75) is 44.2 Å². The number of alkyl halides is 3. The van der Waals surface area contributed by atoms with Gasteiger partial charge in [-0.15, -0.1) is 0 Å². The molecule has 1 heterocycles. The predicted octanol–water partition coefficient (Wildman–Crippen LogP) is 2.30. The first kappa shape index (κ1) is 23.1. The Kier molecular flexibility index (Phi) is 7.28. The van der Waals surface area contributed by atoms with Gasteiger partial charge in [0.15, 0.2) is 0 Å². The summed E-state index contributed by atoms with van der Waals surface area (Å²) in [6.45, 7) is 3.72. The van der Waals surface area contributed by atoms with Crippen molar-refractivity contribution in [1.29, 1.82) is 0 Å². The molecule has 2 N–H and O–H groups in total. The van der Waals surface area contributed by atoms with E-state index in [0.29, 0.717) is 6.07 Å². The van der Waals surface area contributed by atoms with Crippen LogP contribution in [0.1, 0.15) is 38.7 Å². The number of hydrogen-bond donors (Lipinski definition) is 2. The first-order valence-electron chi connectivity index (χ1n) is 9.17. The van der Waals surface area contributed by atoms with Gasteiger partial charge in [0, 0.05) is 25.4 Å². The summed E-state index contributed by atoms with van der Waals surface area (Å²) in [5, 5.41) is 0. The molecule has 0 aromatic heterocycles. The second-order valence-corrected chi connectivity index (χ2v) is 9.28. The number of carbonyl (C=O) groups excluding carboxylic acids is 2. The molecule has 7 nitrogen and oxygen atoms in total. The molecule has 1 aliphatic rings. The third-order valence-corrected chi connectivity index (χ3v) is 6.44. The van der Waals surface area contributed by atoms with Crippen LogP contribution < -0.4 is 10.9 Å². The molecule has 2 rings (SSSR count). The van der Waals surface area contributed by atoms with E-state index in [-0.39, 0.29) is 44.2 Å². The molecule has 2 amide bonds. The van der Waals surface area contributed by atoms with Crippen LogP contribution in [0.25, 0.3) is 0 Å². The maximum Gasteiger partial charge on any atom is 0.416 e. The number of halogens is 3. The summed E-state index contributed by atoms with van der Waals surface area (Å²) in [5.74, 6) is -1.10. The van der Waals surface area contributed by atoms with Gasteiger partial charge in [-0.05, 0) is 37.0 Å². The van der Waals surface area contributed by atoms with Gasteiger partial charge in [-0.2, -0.15) is 17.5 Å². The topological polar surface area (TPSA) is 95.6 Å². The Bertz CT molecular complexity index is 848. The number of sulfonamides is 1. The average molecular weight is 435 g/mol. The highest BCUT2D eigenvalue weighted by atomic mass is 32.2. The normalized spacial score (nSPS) is 16.6. The van der Waals surface area contributed by atoms with Gasteiger partial charge in [0.2, 0.25) is 21.8 Å². The first-order valence-corrected chi connectivity index (χ1v) is 10.6. The zero-order valence-electron chi connectivity index (χ0n) is 16.1. The standard InChI is InChI=1S/C18H24F3N3O4S/c1-12(2)10-16(25)22-23-17(26)13-6-8-24(9-7-13)29(27,28)15-5-3-4-14(11-15)18(19,20)21/h3-5,11-13H,6-10H2,1-2H3,(H,22,25)(H,23,26). The summed E-state index contributed by atoms with van der Waals surface area (Å²) in [7, 11) is -4.10. The van der Waals surface area contributed by atoms with Crippen molar-refractivity contribution in [3.63, 3.8) is 0 Å². The SMILES string of the molecule is CC(C)CC(=O)NNC(=O)C1CCN(S(=O)(=O)c2cccc(C(F)(F)F)c2)CC1. The first-order chi connectivity index (χ1) is 13.4. The van der Waals surface area contributed by atoms with Crippen LogP contribution >= 0.6 is 0 Å². The molecule has 0 saturated carbocycles. The molecule has 0 bridgehead atoms. The minimum atomic E-state index is -4.64. The van der Waals surface area contributed by atoms with Crippen molar-refractivity contribution in [1.82, 2.24) is 15.2 Å². The molecule has 11 heteroatoms. The minimum Gasteiger partial charge on any atom is -0.273 e. The number of amides is 2. The quantitative estimate of drug-likeness (QED) is 0.694. The van der Waals surface area contributed by atoms with E-state index in [0.717, 1.165) is 22.5 Å². The Labute approximate surface area is 167 Å². The highest BCUT2D eigenvalue weighted by molar-refractivity contribution is 7.89. The van der Waals surface area contributed by atoms with Crippen molar-refractivity contribution >= 4 is 21.8 Å². The maximum absolute atomic E-state index is 12.9. The number of hydrogen-bond acceptors (Lipinski definition) is 4. The summed E-state index contributed by atoms with van der Waals surface area (Å²) < 4.78 is 65.0. The summed E-state index contributed by atoms with van der Waals surface area (Å²) in [6, 6.07) is 3.59. The Hall–Kier alpha value is -2.14. The van der Waals surface area contributed by atoms with Crippen molar-refractivity contribution in [2.75, 3.05) is 13.1 Å². The molecule has 0 radical (unpaired) electrons. The molecule has 0 unspecified atom stereocenters. The molecule has 1 fully saturated rings. The van der Waals surface area contributed by atoms with Crippen LogP contribution in [0, 0.1) is 11.8 Å². The molecule has 0 atom stereocenters. The van der Waals surface area contributed by atoms with E-state index in [4.69, 9.17) is 0 Å². The number of nitrogens with zero attached hydrogens (tertiary/aromatic N) is 1. The zero-order valence-corrected chi connectivity index (χ0v) is 16.9. The van der Waals surface area contributed by atoms with Gasteiger partial charge < -0.3 is 0 Å². The van der Waals surface area contributed by atoms with E-state index >= 15 is 0 Å². The molecule has 1 aromatic rings. The Balaban J connectivity index is 1.96. The third-order valence-electron chi connectivity index (χ3n) is 4.54. The lowest BCUT2D eigenvalue weighted by atomic mass is 9.98. The highest BCUT2D eigenvalue weighted by Gasteiger charge is 2.35. The Morgan fingerprint density at radius 3 is 2.34 bits per heavy atom. The Morgan fingerprint density at radius 1 is 1.17 bits per heavy atom. The number of rotatable bonds is 5. The fourth-order valence-corrected chi connectivity index (χ4v) is 4.51. The molecule has 1 aliphatic heterocycles. The van der Waals surface area contributed by atoms with E-state index in [9.17, 15) is 31.2 Å². The summed E-state index contributed by atoms with van der Waals surface area (Å²) in [6.07, 6.45) is -3.99. The molecule has 162 valence electrons. The second-order valence-electron chi connectivity index (χ2n) is 7.34. The number of piperidine rings is 1. The predicted molar refractivity (Wildman–Crippen MR) is 98.7 cm³/mol. The van der Waals surface area contributed by atoms with Crippen LogP contribution in [0.2, 0.25) is 0 Å². The van der Waals surface area contributed by atoms with Gasteiger partial charge in [0.1, 0.15) is 0 Å². The van der Waals surface area contributed by atoms with Crippen LogP contribution in [0.3, 0.4) is 0 Å². The summed E-state index contributed by atoms with van der Waals surface area (Å²) >= 11 is 0. The van der Waals surface area contributed by atoms with E-state index in [1.807, 2.05) is 13.8 Å². The molecule has 0 spiro atoms. The fraction of sp³-hybridized carbons (Fsp3) is 0.556. The third kappa shape index (κ3) is 6.17. The molecule has 0 aliphatic carbocycles. The lowest BCUT2D eigenvalue weighted by Gasteiger charge is -2.30. The van der Waals surface area contributed by atoms with Crippen molar-refractivity contribution in [3.05, 3.63) is 29.8 Å². The molecule has 29 heavy (non-hydrogen) atoms. The van der Waals surface area contributed by atoms with Crippen LogP contribution in [-0.2, 0) is 25.8 Å². The van der Waals surface area contributed by atoms with Crippen molar-refractivity contribution in [2.24, 2.45) is 11.8 Å². The largest absolute Gasteiger partial charge is 0.416 e. The lowest BCUT2D eigenvalue weighted by molar-refractivity contribution is -0.137. The fourth-order valence-electron chi connectivity index (χ4n) is 3.00. The van der Waals surface area contributed by atoms with E-state index in [1.165, 1.54) is 0 Å². The van der Waals surface area contributed by atoms with Crippen molar-refractivity contribution in [3.8, 4) is 0 Å². The lowest BCUT2D eigenvalue weighted by Crippen LogP contribution is -2.48. The van der Waals surface area contributed by atoms with E-state index in [2.05, 4.69) is 10.9 Å². The van der Waals surface area contributed by atoms with Gasteiger partial charge >= 0.3 is 6.18 Å². The second kappa shape index (κ2) is 9.12. The number of nitrogens with one attached hydrogen (secondary N) is 2. The van der Waals surface area contributed by atoms with Gasteiger partial charge in [-0.25, -0.2) is 8.42 Å². The molecule has 1 aromatic carbocycles. The Morgan fingerprint density at radius 2 is 1.79 bits per heavy atom. The molecular weight excluding hydrogens is 411 g/mol. The highest BCUT2D eigenvalue weighted by Crippen LogP contribution is 2.32. The van der Waals surface area contributed by atoms with Crippen LogP contribution in [-0.4, -0.2) is 37.6 Å². The monoisotopic (exact) mass is 435 g/mol. The van der Waals surface area contributed by atoms with Crippen LogP contribution in [0.5, 0.6) is 0 Å². The van der Waals surface area contributed by atoms with Crippen molar-refractivity contribution < 1.29 is 31.2 Å². The summed E-state index contributed by atoms with van der Waals surface area (Å²) in [4.78, 5) is 23.3. The average Bonchev–Trinajstić information content (AvgIpc) is 2.65. The molecule has 1 saturated heterocycles. The van der Waals surface area contributed by atoms with Gasteiger partial charge in [0.05, 0.1) is 10.5 Å². The van der Waals surface area contributed by atoms with Gasteiger partial charge in [-0.1, -0.05) is 19.9 Å². The van der Waals surface area contributed by atoms with Gasteiger partial charge in [0.25, 0.3) is 0 Å². The smallest absolute Gasteiger partial charge is 0.273 e. The maximum atomic E-state index is 12.9. The molecular formula is C18H24F3N3O4S. The summed E-state index contributed by atoms with van der Waals surface area (Å²) in [5.41, 5.74) is 3.62. The van der Waals surface area contributed by atoms with E-state index in [1.54, 1.807) is 0 Å². The van der Waals surface area contributed by atoms with Crippen LogP contribution in [0.4, 0.5) is 13.2 Å². The number of benzene rings is 1. The number of carbonyl (C=O) groups is 2. The number of hydrazine groups is 1. The zero-order chi connectivity index (χ0) is 21.8. The van der Waals surface area contributed by atoms with E-state index < -0.39 is 38.5 Å². The van der Waals surface area contributed by atoms with Crippen LogP contribution in [0.15, 0.2) is 29.2 Å². The minimum absolute atomic E-state index is 0.00337.